The standard InChI is InChI=1S/C66H44N2/c1-4-19-45(20-5-1)49-27-16-29-52(41-49)67(54-38-40-64-60(44-54)58-33-14-15-35-63(58)68(64)62-36-18-26-46-21-10-11-31-55(46)62)53-30-17-28-50(42-53)51-37-39-57-56-32-12-13-34-59(56)65(47-22-6-2-7-23-47)66(61(57)43-51)48-24-8-3-9-25-48/h1-44H. The van der Waals surface area contributed by atoms with Crippen LogP contribution in [0.15, 0.2) is 267 Å². The summed E-state index contributed by atoms with van der Waals surface area (Å²) in [5.74, 6) is 0. The Hall–Kier alpha value is -8.98. The lowest BCUT2D eigenvalue weighted by Crippen LogP contribution is -2.10. The van der Waals surface area contributed by atoms with Crippen molar-refractivity contribution >= 4 is 71.2 Å². The van der Waals surface area contributed by atoms with Gasteiger partial charge in [0.25, 0.3) is 0 Å². The third kappa shape index (κ3) is 6.65. The van der Waals surface area contributed by atoms with E-state index in [-0.39, 0.29) is 0 Å². The molecule has 0 saturated carbocycles. The highest BCUT2D eigenvalue weighted by Gasteiger charge is 2.21. The van der Waals surface area contributed by atoms with Gasteiger partial charge in [0.1, 0.15) is 0 Å². The minimum absolute atomic E-state index is 1.08. The zero-order valence-corrected chi connectivity index (χ0v) is 37.3. The number of fused-ring (bicyclic) bond motifs is 7. The molecule has 318 valence electrons. The third-order valence-corrected chi connectivity index (χ3v) is 13.7. The van der Waals surface area contributed by atoms with E-state index in [1.165, 1.54) is 93.2 Å². The van der Waals surface area contributed by atoms with Gasteiger partial charge in [-0.25, -0.2) is 0 Å². The summed E-state index contributed by atoms with van der Waals surface area (Å²) in [6.07, 6.45) is 0. The number of benzene rings is 12. The van der Waals surface area contributed by atoms with Crippen molar-refractivity contribution in [3.8, 4) is 50.2 Å². The Bertz CT molecular complexity index is 4010. The van der Waals surface area contributed by atoms with E-state index in [1.54, 1.807) is 0 Å². The maximum absolute atomic E-state index is 2.44. The Labute approximate surface area is 395 Å². The molecule has 0 unspecified atom stereocenters. The summed E-state index contributed by atoms with van der Waals surface area (Å²) in [5, 5.41) is 9.86. The average Bonchev–Trinajstić information content (AvgIpc) is 3.74. The van der Waals surface area contributed by atoms with E-state index in [0.717, 1.165) is 28.2 Å². The minimum atomic E-state index is 1.08. The third-order valence-electron chi connectivity index (χ3n) is 13.7. The number of aromatic nitrogens is 1. The van der Waals surface area contributed by atoms with E-state index in [0.29, 0.717) is 0 Å². The molecule has 12 aromatic carbocycles. The van der Waals surface area contributed by atoms with E-state index < -0.39 is 0 Å². The fourth-order valence-corrected chi connectivity index (χ4v) is 10.7. The Morgan fingerprint density at radius 2 is 0.706 bits per heavy atom. The summed E-state index contributed by atoms with van der Waals surface area (Å²) in [7, 11) is 0. The minimum Gasteiger partial charge on any atom is -0.310 e. The van der Waals surface area contributed by atoms with Crippen LogP contribution in [0, 0.1) is 0 Å². The number of hydrogen-bond donors (Lipinski definition) is 0. The van der Waals surface area contributed by atoms with Crippen molar-refractivity contribution in [2.45, 2.75) is 0 Å². The smallest absolute Gasteiger partial charge is 0.0542 e. The first kappa shape index (κ1) is 39.4. The SMILES string of the molecule is c1ccc(-c2cccc(N(c3cccc(-c4ccc5c(c4)c(-c4ccccc4)c(-c4ccccc4)c4ccccc45)c3)c3ccc4c(c3)c3ccccc3n4-c3cccc4ccccc34)c2)cc1. The second kappa shape index (κ2) is 16.5. The van der Waals surface area contributed by atoms with Crippen molar-refractivity contribution in [1.29, 1.82) is 0 Å². The zero-order valence-electron chi connectivity index (χ0n) is 37.3. The first-order chi connectivity index (χ1) is 33.7. The fraction of sp³-hybridized carbons (Fsp3) is 0. The molecule has 0 amide bonds. The van der Waals surface area contributed by atoms with Crippen LogP contribution in [-0.4, -0.2) is 4.57 Å². The van der Waals surface area contributed by atoms with Crippen LogP contribution in [0.1, 0.15) is 0 Å². The molecule has 1 heterocycles. The highest BCUT2D eigenvalue weighted by atomic mass is 15.1. The topological polar surface area (TPSA) is 8.17 Å². The van der Waals surface area contributed by atoms with Gasteiger partial charge in [0.05, 0.1) is 16.7 Å². The van der Waals surface area contributed by atoms with Crippen LogP contribution in [-0.2, 0) is 0 Å². The van der Waals surface area contributed by atoms with Crippen LogP contribution in [0.3, 0.4) is 0 Å². The maximum atomic E-state index is 2.44. The molecule has 1 aromatic heterocycles. The Morgan fingerprint density at radius 1 is 0.235 bits per heavy atom. The molecule has 13 rings (SSSR count). The summed E-state index contributed by atoms with van der Waals surface area (Å²) in [6.45, 7) is 0. The van der Waals surface area contributed by atoms with Crippen molar-refractivity contribution in [1.82, 2.24) is 4.57 Å². The van der Waals surface area contributed by atoms with Gasteiger partial charge in [0.15, 0.2) is 0 Å². The van der Waals surface area contributed by atoms with E-state index >= 15 is 0 Å². The second-order valence-corrected chi connectivity index (χ2v) is 17.6. The van der Waals surface area contributed by atoms with Crippen molar-refractivity contribution in [3.05, 3.63) is 267 Å². The second-order valence-electron chi connectivity index (χ2n) is 17.6. The molecule has 0 N–H and O–H groups in total. The van der Waals surface area contributed by atoms with E-state index in [9.17, 15) is 0 Å². The van der Waals surface area contributed by atoms with Gasteiger partial charge in [-0.15, -0.1) is 0 Å². The van der Waals surface area contributed by atoms with Gasteiger partial charge < -0.3 is 9.47 Å². The van der Waals surface area contributed by atoms with Crippen LogP contribution in [0.5, 0.6) is 0 Å². The maximum Gasteiger partial charge on any atom is 0.0542 e. The van der Waals surface area contributed by atoms with Gasteiger partial charge in [-0.05, 0) is 132 Å². The molecule has 0 aliphatic heterocycles. The number of anilines is 3. The number of nitrogens with zero attached hydrogens (tertiary/aromatic N) is 2. The molecule has 0 aliphatic carbocycles. The molecule has 0 saturated heterocycles. The van der Waals surface area contributed by atoms with Crippen molar-refractivity contribution in [2.75, 3.05) is 4.90 Å². The predicted molar refractivity (Wildman–Crippen MR) is 290 cm³/mol. The van der Waals surface area contributed by atoms with E-state index in [2.05, 4.69) is 276 Å². The normalized spacial score (nSPS) is 11.5. The summed E-state index contributed by atoms with van der Waals surface area (Å²) >= 11 is 0. The van der Waals surface area contributed by atoms with Gasteiger partial charge in [-0.1, -0.05) is 206 Å². The first-order valence-electron chi connectivity index (χ1n) is 23.4. The molecular weight excluding hydrogens is 821 g/mol. The zero-order chi connectivity index (χ0) is 45.0. The fourth-order valence-electron chi connectivity index (χ4n) is 10.7. The van der Waals surface area contributed by atoms with Crippen LogP contribution < -0.4 is 4.90 Å². The van der Waals surface area contributed by atoms with Crippen molar-refractivity contribution < 1.29 is 0 Å². The molecule has 0 radical (unpaired) electrons. The lowest BCUT2D eigenvalue weighted by atomic mass is 9.84. The highest BCUT2D eigenvalue weighted by molar-refractivity contribution is 6.22. The average molecular weight is 865 g/mol. The Kier molecular flexibility index (Phi) is 9.54. The molecular formula is C66H44N2. The first-order valence-corrected chi connectivity index (χ1v) is 23.4. The lowest BCUT2D eigenvalue weighted by molar-refractivity contribution is 1.20. The molecule has 0 aliphatic rings. The van der Waals surface area contributed by atoms with Gasteiger partial charge in [-0.3, -0.25) is 0 Å². The molecule has 0 spiro atoms. The molecule has 2 heteroatoms. The van der Waals surface area contributed by atoms with Crippen LogP contribution in [0.25, 0.3) is 104 Å². The van der Waals surface area contributed by atoms with Crippen LogP contribution >= 0.6 is 0 Å². The number of para-hydroxylation sites is 1. The molecule has 13 aromatic rings. The van der Waals surface area contributed by atoms with Gasteiger partial charge in [0, 0.05) is 33.2 Å². The quantitative estimate of drug-likeness (QED) is 0.138. The molecule has 2 nitrogen and oxygen atoms in total. The molecule has 0 fully saturated rings. The molecule has 0 atom stereocenters. The summed E-state index contributed by atoms with van der Waals surface area (Å²) in [5.41, 5.74) is 16.4. The Morgan fingerprint density at radius 3 is 1.41 bits per heavy atom. The summed E-state index contributed by atoms with van der Waals surface area (Å²) in [4.78, 5) is 2.43. The van der Waals surface area contributed by atoms with Crippen LogP contribution in [0.4, 0.5) is 17.1 Å². The largest absolute Gasteiger partial charge is 0.310 e. The number of rotatable bonds is 8. The van der Waals surface area contributed by atoms with Gasteiger partial charge in [0.2, 0.25) is 0 Å². The molecule has 68 heavy (non-hydrogen) atoms. The molecule has 0 bridgehead atoms. The Balaban J connectivity index is 1.02. The lowest BCUT2D eigenvalue weighted by Gasteiger charge is -2.27. The van der Waals surface area contributed by atoms with Crippen molar-refractivity contribution in [2.24, 2.45) is 0 Å². The summed E-state index contributed by atoms with van der Waals surface area (Å²) < 4.78 is 2.44. The van der Waals surface area contributed by atoms with Gasteiger partial charge >= 0.3 is 0 Å². The highest BCUT2D eigenvalue weighted by Crippen LogP contribution is 2.47. The van der Waals surface area contributed by atoms with E-state index in [4.69, 9.17) is 0 Å². The van der Waals surface area contributed by atoms with E-state index in [1.807, 2.05) is 0 Å². The summed E-state index contributed by atoms with van der Waals surface area (Å²) in [6, 6.07) is 97.6. The van der Waals surface area contributed by atoms with Gasteiger partial charge in [-0.2, -0.15) is 0 Å². The monoisotopic (exact) mass is 864 g/mol. The van der Waals surface area contributed by atoms with Crippen molar-refractivity contribution in [3.63, 3.8) is 0 Å². The predicted octanol–water partition coefficient (Wildman–Crippen LogP) is 18.4. The number of hydrogen-bond acceptors (Lipinski definition) is 1. The van der Waals surface area contributed by atoms with Crippen LogP contribution in [0.2, 0.25) is 0 Å².